The van der Waals surface area contributed by atoms with Crippen molar-refractivity contribution >= 4 is 0 Å². The summed E-state index contributed by atoms with van der Waals surface area (Å²) in [6, 6.07) is 0. The molecule has 1 atom stereocenters. The van der Waals surface area contributed by atoms with Crippen LogP contribution < -0.4 is 0 Å². The molecule has 0 bridgehead atoms. The first kappa shape index (κ1) is 10.1. The number of hydrogen-bond acceptors (Lipinski definition) is 2. The van der Waals surface area contributed by atoms with Gasteiger partial charge in [0.2, 0.25) is 0 Å². The van der Waals surface area contributed by atoms with E-state index in [1.54, 1.807) is 0 Å². The third-order valence-electron chi connectivity index (χ3n) is 3.15. The van der Waals surface area contributed by atoms with Crippen LogP contribution in [-0.4, -0.2) is 17.0 Å². The topological polar surface area (TPSA) is 27.0 Å². The van der Waals surface area contributed by atoms with Gasteiger partial charge in [0.25, 0.3) is 0 Å². The second kappa shape index (κ2) is 4.32. The summed E-state index contributed by atoms with van der Waals surface area (Å²) in [4.78, 5) is 1.96. The Morgan fingerprint density at radius 3 is 2.92 bits per heavy atom. The summed E-state index contributed by atoms with van der Waals surface area (Å²) in [6.07, 6.45) is 9.80. The predicted octanol–water partition coefficient (Wildman–Crippen LogP) is 2.68. The molecule has 1 saturated heterocycles. The number of nitrogens with zero attached hydrogens (tertiary/aromatic N) is 2. The zero-order chi connectivity index (χ0) is 9.73. The Labute approximate surface area is 80.8 Å². The van der Waals surface area contributed by atoms with Gasteiger partial charge in [-0.3, -0.25) is 0 Å². The van der Waals surface area contributed by atoms with Crippen molar-refractivity contribution in [3.05, 3.63) is 12.7 Å². The number of nitriles is 1. The lowest BCUT2D eigenvalue weighted by Gasteiger charge is -2.43. The van der Waals surface area contributed by atoms with Crippen molar-refractivity contribution in [3.8, 4) is 6.19 Å². The van der Waals surface area contributed by atoms with E-state index in [0.717, 1.165) is 32.2 Å². The van der Waals surface area contributed by atoms with E-state index in [-0.39, 0.29) is 5.54 Å². The normalized spacial score (nSPS) is 28.2. The van der Waals surface area contributed by atoms with Crippen LogP contribution in [0, 0.1) is 11.5 Å². The van der Waals surface area contributed by atoms with Gasteiger partial charge in [0.1, 0.15) is 0 Å². The average molecular weight is 178 g/mol. The first-order valence-electron chi connectivity index (χ1n) is 5.07. The Balaban J connectivity index is 2.79. The number of piperidine rings is 1. The molecule has 0 spiro atoms. The van der Waals surface area contributed by atoms with E-state index >= 15 is 0 Å². The first-order chi connectivity index (χ1) is 6.29. The zero-order valence-electron chi connectivity index (χ0n) is 8.42. The molecule has 2 nitrogen and oxygen atoms in total. The molecule has 13 heavy (non-hydrogen) atoms. The molecule has 0 amide bonds. The fraction of sp³-hybridized carbons (Fsp3) is 0.727. The average Bonchev–Trinajstić information content (AvgIpc) is 2.19. The zero-order valence-corrected chi connectivity index (χ0v) is 8.42. The lowest BCUT2D eigenvalue weighted by Crippen LogP contribution is -2.48. The molecule has 0 N–H and O–H groups in total. The molecule has 0 saturated carbocycles. The highest BCUT2D eigenvalue weighted by atomic mass is 15.2. The maximum atomic E-state index is 9.03. The largest absolute Gasteiger partial charge is 0.304 e. The van der Waals surface area contributed by atoms with Crippen LogP contribution in [0.25, 0.3) is 0 Å². The van der Waals surface area contributed by atoms with Crippen molar-refractivity contribution < 1.29 is 0 Å². The van der Waals surface area contributed by atoms with Gasteiger partial charge in [0, 0.05) is 6.54 Å². The molecule has 1 aliphatic heterocycles. The summed E-state index contributed by atoms with van der Waals surface area (Å²) >= 11 is 0. The number of likely N-dealkylation sites (tertiary alicyclic amines) is 1. The molecule has 1 fully saturated rings. The molecule has 0 aromatic heterocycles. The minimum Gasteiger partial charge on any atom is -0.304 e. The van der Waals surface area contributed by atoms with E-state index in [1.165, 1.54) is 6.42 Å². The summed E-state index contributed by atoms with van der Waals surface area (Å²) in [5.74, 6) is 0. The van der Waals surface area contributed by atoms with Gasteiger partial charge in [-0.1, -0.05) is 13.0 Å². The Kier molecular flexibility index (Phi) is 3.36. The number of hydrogen-bond donors (Lipinski definition) is 0. The quantitative estimate of drug-likeness (QED) is 0.490. The van der Waals surface area contributed by atoms with Gasteiger partial charge in [0.05, 0.1) is 5.54 Å². The van der Waals surface area contributed by atoms with Gasteiger partial charge in [-0.2, -0.15) is 5.26 Å². The highest BCUT2D eigenvalue weighted by Crippen LogP contribution is 2.33. The van der Waals surface area contributed by atoms with Crippen LogP contribution in [0.3, 0.4) is 0 Å². The minimum absolute atomic E-state index is 0.0920. The first-order valence-corrected chi connectivity index (χ1v) is 5.07. The molecule has 0 aromatic rings. The molecule has 1 rings (SSSR count). The summed E-state index contributed by atoms with van der Waals surface area (Å²) in [5, 5.41) is 9.03. The molecular formula is C11H18N2. The summed E-state index contributed by atoms with van der Waals surface area (Å²) in [6.45, 7) is 6.88. The standard InChI is InChI=1S/C11H18N2/c1-3-7-11(4-2)8-5-6-9-13(11)10-12/h3H,1,4-9H2,2H3. The van der Waals surface area contributed by atoms with Crippen LogP contribution in [0.2, 0.25) is 0 Å². The molecule has 1 heterocycles. The Bertz CT molecular complexity index is 217. The van der Waals surface area contributed by atoms with Gasteiger partial charge in [-0.15, -0.1) is 6.58 Å². The highest BCUT2D eigenvalue weighted by Gasteiger charge is 2.35. The van der Waals surface area contributed by atoms with Crippen LogP contribution in [-0.2, 0) is 0 Å². The van der Waals surface area contributed by atoms with Crippen molar-refractivity contribution in [2.45, 2.75) is 44.6 Å². The fourth-order valence-corrected chi connectivity index (χ4v) is 2.25. The molecule has 1 unspecified atom stereocenters. The fourth-order valence-electron chi connectivity index (χ4n) is 2.25. The molecule has 72 valence electrons. The van der Waals surface area contributed by atoms with E-state index in [9.17, 15) is 0 Å². The van der Waals surface area contributed by atoms with Gasteiger partial charge in [0.15, 0.2) is 6.19 Å². The second-order valence-electron chi connectivity index (χ2n) is 3.78. The van der Waals surface area contributed by atoms with Crippen molar-refractivity contribution in [3.63, 3.8) is 0 Å². The van der Waals surface area contributed by atoms with Crippen molar-refractivity contribution in [1.82, 2.24) is 4.90 Å². The smallest absolute Gasteiger partial charge is 0.179 e. The minimum atomic E-state index is 0.0920. The molecular weight excluding hydrogens is 160 g/mol. The van der Waals surface area contributed by atoms with E-state index < -0.39 is 0 Å². The van der Waals surface area contributed by atoms with Crippen LogP contribution in [0.5, 0.6) is 0 Å². The van der Waals surface area contributed by atoms with Gasteiger partial charge in [-0.05, 0) is 32.1 Å². The third kappa shape index (κ3) is 1.85. The molecule has 0 radical (unpaired) electrons. The summed E-state index contributed by atoms with van der Waals surface area (Å²) in [5.41, 5.74) is 0.0920. The lowest BCUT2D eigenvalue weighted by atomic mass is 9.82. The monoisotopic (exact) mass is 178 g/mol. The maximum absolute atomic E-state index is 9.03. The highest BCUT2D eigenvalue weighted by molar-refractivity contribution is 5.01. The van der Waals surface area contributed by atoms with E-state index in [0.29, 0.717) is 0 Å². The van der Waals surface area contributed by atoms with Crippen LogP contribution in [0.15, 0.2) is 12.7 Å². The molecule has 2 heteroatoms. The maximum Gasteiger partial charge on any atom is 0.179 e. The Hall–Kier alpha value is -0.970. The van der Waals surface area contributed by atoms with Gasteiger partial charge < -0.3 is 4.90 Å². The van der Waals surface area contributed by atoms with Crippen molar-refractivity contribution in [1.29, 1.82) is 5.26 Å². The van der Waals surface area contributed by atoms with Crippen molar-refractivity contribution in [2.75, 3.05) is 6.54 Å². The Morgan fingerprint density at radius 1 is 1.62 bits per heavy atom. The summed E-state index contributed by atoms with van der Waals surface area (Å²) in [7, 11) is 0. The van der Waals surface area contributed by atoms with Crippen LogP contribution >= 0.6 is 0 Å². The SMILES string of the molecule is C=CCC1(CC)CCCCN1C#N. The van der Waals surface area contributed by atoms with E-state index in [2.05, 4.69) is 19.7 Å². The number of rotatable bonds is 3. The lowest BCUT2D eigenvalue weighted by molar-refractivity contribution is 0.102. The van der Waals surface area contributed by atoms with E-state index in [1.807, 2.05) is 11.0 Å². The third-order valence-corrected chi connectivity index (χ3v) is 3.15. The second-order valence-corrected chi connectivity index (χ2v) is 3.78. The molecule has 1 aliphatic rings. The van der Waals surface area contributed by atoms with Crippen LogP contribution in [0.1, 0.15) is 39.0 Å². The van der Waals surface area contributed by atoms with Gasteiger partial charge in [-0.25, -0.2) is 0 Å². The summed E-state index contributed by atoms with van der Waals surface area (Å²) < 4.78 is 0. The predicted molar refractivity (Wildman–Crippen MR) is 54.0 cm³/mol. The van der Waals surface area contributed by atoms with Crippen LogP contribution in [0.4, 0.5) is 0 Å². The molecule has 0 aromatic carbocycles. The molecule has 0 aliphatic carbocycles. The Morgan fingerprint density at radius 2 is 2.38 bits per heavy atom. The van der Waals surface area contributed by atoms with E-state index in [4.69, 9.17) is 5.26 Å². The van der Waals surface area contributed by atoms with Crippen molar-refractivity contribution in [2.24, 2.45) is 0 Å². The van der Waals surface area contributed by atoms with Gasteiger partial charge >= 0.3 is 0 Å².